The summed E-state index contributed by atoms with van der Waals surface area (Å²) in [5, 5.41) is 12.7. The molecule has 0 spiro atoms. The van der Waals surface area contributed by atoms with Crippen LogP contribution in [0.3, 0.4) is 0 Å². The minimum absolute atomic E-state index is 0.298. The summed E-state index contributed by atoms with van der Waals surface area (Å²) in [5.41, 5.74) is 2.42. The molecule has 0 fully saturated rings. The minimum atomic E-state index is 0.298. The molecule has 18 heavy (non-hydrogen) atoms. The average Bonchev–Trinajstić information content (AvgIpc) is 2.38. The lowest BCUT2D eigenvalue weighted by molar-refractivity contribution is 0.474. The fourth-order valence-electron chi connectivity index (χ4n) is 1.75. The van der Waals surface area contributed by atoms with E-state index in [9.17, 15) is 5.11 Å². The van der Waals surface area contributed by atoms with Crippen LogP contribution >= 0.6 is 15.9 Å². The van der Waals surface area contributed by atoms with Gasteiger partial charge >= 0.3 is 0 Å². The summed E-state index contributed by atoms with van der Waals surface area (Å²) in [4.78, 5) is 0. The molecule has 2 aromatic carbocycles. The zero-order valence-corrected chi connectivity index (χ0v) is 11.8. The molecule has 94 valence electrons. The van der Waals surface area contributed by atoms with Crippen LogP contribution in [0.15, 0.2) is 53.0 Å². The topological polar surface area (TPSA) is 32.3 Å². The van der Waals surface area contributed by atoms with Gasteiger partial charge in [0.25, 0.3) is 0 Å². The highest BCUT2D eigenvalue weighted by atomic mass is 79.9. The average molecular weight is 306 g/mol. The number of aromatic hydroxyl groups is 1. The van der Waals surface area contributed by atoms with Gasteiger partial charge in [0, 0.05) is 17.1 Å². The first-order valence-electron chi connectivity index (χ1n) is 5.92. The highest BCUT2D eigenvalue weighted by Crippen LogP contribution is 2.17. The molecule has 0 amide bonds. The summed E-state index contributed by atoms with van der Waals surface area (Å²) in [6.45, 7) is 2.93. The molecule has 1 unspecified atom stereocenters. The van der Waals surface area contributed by atoms with E-state index in [1.54, 1.807) is 12.1 Å². The number of phenolic OH excluding ortho intramolecular Hbond substituents is 1. The van der Waals surface area contributed by atoms with Crippen molar-refractivity contribution in [3.8, 4) is 5.75 Å². The highest BCUT2D eigenvalue weighted by molar-refractivity contribution is 9.10. The van der Waals surface area contributed by atoms with E-state index < -0.39 is 0 Å². The Kier molecular flexibility index (Phi) is 4.39. The summed E-state index contributed by atoms with van der Waals surface area (Å²) in [5.74, 6) is 0.305. The maximum Gasteiger partial charge on any atom is 0.115 e. The van der Waals surface area contributed by atoms with Crippen LogP contribution in [0.25, 0.3) is 0 Å². The van der Waals surface area contributed by atoms with E-state index in [-0.39, 0.29) is 0 Å². The molecule has 1 atom stereocenters. The second-order valence-corrected chi connectivity index (χ2v) is 5.24. The van der Waals surface area contributed by atoms with Gasteiger partial charge in [0.1, 0.15) is 5.75 Å². The lowest BCUT2D eigenvalue weighted by Crippen LogP contribution is -2.17. The molecule has 2 N–H and O–H groups in total. The zero-order chi connectivity index (χ0) is 13.0. The molecule has 2 aromatic rings. The Bertz CT molecular complexity index is 493. The number of hydrogen-bond donors (Lipinski definition) is 2. The van der Waals surface area contributed by atoms with E-state index in [1.165, 1.54) is 5.56 Å². The van der Waals surface area contributed by atoms with Crippen molar-refractivity contribution in [2.45, 2.75) is 19.5 Å². The molecule has 0 saturated carbocycles. The molecule has 0 bridgehead atoms. The molecule has 0 saturated heterocycles. The van der Waals surface area contributed by atoms with Crippen molar-refractivity contribution in [2.75, 3.05) is 0 Å². The summed E-state index contributed by atoms with van der Waals surface area (Å²) < 4.78 is 1.09. The van der Waals surface area contributed by atoms with Crippen molar-refractivity contribution < 1.29 is 5.11 Å². The SMILES string of the molecule is CC(NCc1ccc(O)cc1)c1ccc(Br)cc1. The molecule has 0 radical (unpaired) electrons. The fourth-order valence-corrected chi connectivity index (χ4v) is 2.02. The fraction of sp³-hybridized carbons (Fsp3) is 0.200. The van der Waals surface area contributed by atoms with Crippen molar-refractivity contribution in [3.05, 3.63) is 64.1 Å². The Hall–Kier alpha value is -1.32. The maximum atomic E-state index is 9.21. The predicted octanol–water partition coefficient (Wildman–Crippen LogP) is 4.01. The monoisotopic (exact) mass is 305 g/mol. The van der Waals surface area contributed by atoms with Gasteiger partial charge in [-0.3, -0.25) is 0 Å². The van der Waals surface area contributed by atoms with Gasteiger partial charge in [-0.25, -0.2) is 0 Å². The van der Waals surface area contributed by atoms with Crippen LogP contribution in [-0.2, 0) is 6.54 Å². The minimum Gasteiger partial charge on any atom is -0.508 e. The predicted molar refractivity (Wildman–Crippen MR) is 77.5 cm³/mol. The Morgan fingerprint density at radius 2 is 1.67 bits per heavy atom. The largest absolute Gasteiger partial charge is 0.508 e. The van der Waals surface area contributed by atoms with Gasteiger partial charge in [0.2, 0.25) is 0 Å². The third-order valence-electron chi connectivity index (χ3n) is 2.92. The van der Waals surface area contributed by atoms with Crippen LogP contribution < -0.4 is 5.32 Å². The van der Waals surface area contributed by atoms with Gasteiger partial charge in [0.15, 0.2) is 0 Å². The van der Waals surface area contributed by atoms with Crippen molar-refractivity contribution >= 4 is 15.9 Å². The normalized spacial score (nSPS) is 12.3. The van der Waals surface area contributed by atoms with Crippen LogP contribution in [0.4, 0.5) is 0 Å². The quantitative estimate of drug-likeness (QED) is 0.894. The Labute approximate surface area is 116 Å². The van der Waals surface area contributed by atoms with Gasteiger partial charge in [-0.2, -0.15) is 0 Å². The lowest BCUT2D eigenvalue weighted by atomic mass is 10.1. The Balaban J connectivity index is 1.93. The van der Waals surface area contributed by atoms with E-state index in [1.807, 2.05) is 24.3 Å². The van der Waals surface area contributed by atoms with Crippen LogP contribution in [0.2, 0.25) is 0 Å². The third kappa shape index (κ3) is 3.59. The van der Waals surface area contributed by atoms with Crippen LogP contribution in [0.5, 0.6) is 5.75 Å². The number of halogens is 1. The lowest BCUT2D eigenvalue weighted by Gasteiger charge is -2.14. The third-order valence-corrected chi connectivity index (χ3v) is 3.45. The van der Waals surface area contributed by atoms with E-state index in [0.29, 0.717) is 11.8 Å². The second kappa shape index (κ2) is 6.03. The molecule has 0 aromatic heterocycles. The number of rotatable bonds is 4. The van der Waals surface area contributed by atoms with Crippen molar-refractivity contribution in [1.82, 2.24) is 5.32 Å². The van der Waals surface area contributed by atoms with Crippen molar-refractivity contribution in [2.24, 2.45) is 0 Å². The van der Waals surface area contributed by atoms with Gasteiger partial charge < -0.3 is 10.4 Å². The number of hydrogen-bond acceptors (Lipinski definition) is 2. The molecular weight excluding hydrogens is 290 g/mol. The van der Waals surface area contributed by atoms with Gasteiger partial charge in [-0.1, -0.05) is 40.2 Å². The molecular formula is C15H16BrNO. The van der Waals surface area contributed by atoms with Crippen LogP contribution in [-0.4, -0.2) is 5.11 Å². The van der Waals surface area contributed by atoms with Crippen molar-refractivity contribution in [3.63, 3.8) is 0 Å². The zero-order valence-electron chi connectivity index (χ0n) is 10.2. The Morgan fingerprint density at radius 1 is 1.06 bits per heavy atom. The highest BCUT2D eigenvalue weighted by Gasteiger charge is 2.04. The van der Waals surface area contributed by atoms with Gasteiger partial charge in [-0.05, 0) is 42.3 Å². The molecule has 0 aliphatic heterocycles. The smallest absolute Gasteiger partial charge is 0.115 e. The molecule has 0 heterocycles. The Morgan fingerprint density at radius 3 is 2.28 bits per heavy atom. The van der Waals surface area contributed by atoms with E-state index in [4.69, 9.17) is 0 Å². The number of phenols is 1. The van der Waals surface area contributed by atoms with Gasteiger partial charge in [-0.15, -0.1) is 0 Å². The first-order chi connectivity index (χ1) is 8.65. The molecule has 0 aliphatic rings. The molecule has 2 nitrogen and oxygen atoms in total. The van der Waals surface area contributed by atoms with E-state index in [0.717, 1.165) is 16.6 Å². The molecule has 0 aliphatic carbocycles. The van der Waals surface area contributed by atoms with Crippen LogP contribution in [0.1, 0.15) is 24.1 Å². The van der Waals surface area contributed by atoms with Crippen LogP contribution in [0, 0.1) is 0 Å². The summed E-state index contributed by atoms with van der Waals surface area (Å²) in [6.07, 6.45) is 0. The van der Waals surface area contributed by atoms with Gasteiger partial charge in [0.05, 0.1) is 0 Å². The van der Waals surface area contributed by atoms with E-state index in [2.05, 4.69) is 40.3 Å². The summed E-state index contributed by atoms with van der Waals surface area (Å²) in [7, 11) is 0. The summed E-state index contributed by atoms with van der Waals surface area (Å²) in [6, 6.07) is 15.9. The molecule has 2 rings (SSSR count). The summed E-state index contributed by atoms with van der Waals surface area (Å²) >= 11 is 3.43. The first kappa shape index (κ1) is 13.1. The van der Waals surface area contributed by atoms with E-state index >= 15 is 0 Å². The van der Waals surface area contributed by atoms with Crippen molar-refractivity contribution in [1.29, 1.82) is 0 Å². The number of benzene rings is 2. The molecule has 3 heteroatoms. The first-order valence-corrected chi connectivity index (χ1v) is 6.71. The number of nitrogens with one attached hydrogen (secondary N) is 1. The maximum absolute atomic E-state index is 9.21. The standard InChI is InChI=1S/C15H16BrNO/c1-11(13-4-6-14(16)7-5-13)17-10-12-2-8-15(18)9-3-12/h2-9,11,17-18H,10H2,1H3. The second-order valence-electron chi connectivity index (χ2n) is 4.32.